The summed E-state index contributed by atoms with van der Waals surface area (Å²) in [7, 11) is -15.6. The van der Waals surface area contributed by atoms with Gasteiger partial charge in [0.15, 0.2) is 12.4 Å². The molecule has 23 heteroatoms. The lowest BCUT2D eigenvalue weighted by molar-refractivity contribution is -0.308. The number of hydrogen-bond donors (Lipinski definition) is 7. The first kappa shape index (κ1) is 29.6. The van der Waals surface area contributed by atoms with Crippen LogP contribution in [0.1, 0.15) is 0 Å². The Kier molecular flexibility index (Phi) is 9.50. The van der Waals surface area contributed by atoms with Gasteiger partial charge in [-0.25, -0.2) is 8.37 Å². The fourth-order valence-corrected chi connectivity index (χ4v) is 4.31. The van der Waals surface area contributed by atoms with E-state index in [1.54, 1.807) is 0 Å². The van der Waals surface area contributed by atoms with Crippen molar-refractivity contribution in [3.63, 3.8) is 0 Å². The molecule has 204 valence electrons. The highest BCUT2D eigenvalue weighted by molar-refractivity contribution is 7.83. The minimum absolute atomic E-state index is 0.191. The summed E-state index contributed by atoms with van der Waals surface area (Å²) >= 11 is 0. The molecule has 2 aliphatic heterocycles. The van der Waals surface area contributed by atoms with Crippen molar-refractivity contribution in [2.45, 2.75) is 49.1 Å². The molecule has 2 heterocycles. The Morgan fingerprint density at radius 2 is 1.63 bits per heavy atom. The number of carbonyl (C=O) groups is 1. The average molecular weight is 577 g/mol. The summed E-state index contributed by atoms with van der Waals surface area (Å²) in [5, 5.41) is 30.6. The second kappa shape index (κ2) is 11.2. The molecule has 0 aromatic rings. The zero-order chi connectivity index (χ0) is 26.8. The predicted octanol–water partition coefficient (Wildman–Crippen LogP) is -5.05. The lowest BCUT2D eigenvalue weighted by atomic mass is 9.97. The molecule has 0 aliphatic carbocycles. The van der Waals surface area contributed by atoms with Crippen molar-refractivity contribution in [3.05, 3.63) is 12.0 Å². The van der Waals surface area contributed by atoms with Gasteiger partial charge in [0.25, 0.3) is 5.95 Å². The monoisotopic (exact) mass is 577 g/mol. The molecule has 0 saturated carbocycles. The average Bonchev–Trinajstić information content (AvgIpc) is 2.66. The summed E-state index contributed by atoms with van der Waals surface area (Å²) in [4.78, 5) is 10.6. The Hall–Kier alpha value is -1.58. The Morgan fingerprint density at radius 1 is 1.00 bits per heavy atom. The van der Waals surface area contributed by atoms with Gasteiger partial charge in [-0.05, 0) is 0 Å². The third-order valence-corrected chi connectivity index (χ3v) is 5.66. The molecule has 35 heavy (non-hydrogen) atoms. The number of ether oxygens (including phenoxy) is 4. The molecule has 2 rings (SSSR count). The standard InChI is InChI=1S/C12H19NO19S3/c14-3-27-6-1-4(15)9(32-35(24,25)26)12(30-6)31-10-5(2-28-34(21,22)23)29-11(17)7(8(10)16)13-33(18,19)20/h1,3-5,7-13,15-17H,2H2,(H,18,19,20)(H,21,22,23)(H,24,25,26). The second-order valence-electron chi connectivity index (χ2n) is 6.65. The number of aliphatic hydroxyl groups excluding tert-OH is 3. The van der Waals surface area contributed by atoms with Crippen LogP contribution >= 0.6 is 0 Å². The molecule has 0 bridgehead atoms. The van der Waals surface area contributed by atoms with E-state index in [1.165, 1.54) is 4.72 Å². The minimum Gasteiger partial charge on any atom is -0.432 e. The van der Waals surface area contributed by atoms with E-state index in [-0.39, 0.29) is 6.47 Å². The van der Waals surface area contributed by atoms with Crippen LogP contribution in [0, 0.1) is 0 Å². The molecule has 20 nitrogen and oxygen atoms in total. The molecule has 0 aromatic heterocycles. The van der Waals surface area contributed by atoms with Crippen LogP contribution in [0.2, 0.25) is 0 Å². The molecule has 0 amide bonds. The Morgan fingerprint density at radius 3 is 2.14 bits per heavy atom. The summed E-state index contributed by atoms with van der Waals surface area (Å²) in [6.45, 7) is -1.41. The van der Waals surface area contributed by atoms with Crippen LogP contribution in [0.5, 0.6) is 0 Å². The highest BCUT2D eigenvalue weighted by Crippen LogP contribution is 2.30. The number of carbonyl (C=O) groups excluding carboxylic acids is 1. The van der Waals surface area contributed by atoms with Crippen molar-refractivity contribution >= 4 is 37.6 Å². The molecule has 0 aromatic carbocycles. The van der Waals surface area contributed by atoms with Gasteiger partial charge in [-0.3, -0.25) is 18.5 Å². The first-order chi connectivity index (χ1) is 15.9. The van der Waals surface area contributed by atoms with Crippen LogP contribution in [0.4, 0.5) is 0 Å². The summed E-state index contributed by atoms with van der Waals surface area (Å²) in [5.74, 6) is -0.808. The van der Waals surface area contributed by atoms with Crippen molar-refractivity contribution in [3.8, 4) is 0 Å². The van der Waals surface area contributed by atoms with Crippen molar-refractivity contribution in [1.82, 2.24) is 4.72 Å². The Bertz CT molecular complexity index is 1100. The van der Waals surface area contributed by atoms with E-state index in [0.29, 0.717) is 6.08 Å². The number of hydrogen-bond acceptors (Lipinski definition) is 16. The lowest BCUT2D eigenvalue weighted by Gasteiger charge is -2.44. The van der Waals surface area contributed by atoms with E-state index >= 15 is 0 Å². The Labute approximate surface area is 196 Å². The fourth-order valence-electron chi connectivity index (χ4n) is 2.92. The molecule has 0 radical (unpaired) electrons. The van der Waals surface area contributed by atoms with Gasteiger partial charge in [0.1, 0.15) is 30.5 Å². The first-order valence-corrected chi connectivity index (χ1v) is 12.9. The van der Waals surface area contributed by atoms with E-state index in [4.69, 9.17) is 27.9 Å². The van der Waals surface area contributed by atoms with E-state index < -0.39 is 92.8 Å². The van der Waals surface area contributed by atoms with Gasteiger partial charge in [-0.15, -0.1) is 0 Å². The quantitative estimate of drug-likeness (QED) is 0.0892. The van der Waals surface area contributed by atoms with Gasteiger partial charge >= 0.3 is 37.6 Å². The zero-order valence-electron chi connectivity index (χ0n) is 16.7. The van der Waals surface area contributed by atoms with Crippen molar-refractivity contribution in [2.24, 2.45) is 0 Å². The lowest BCUT2D eigenvalue weighted by Crippen LogP contribution is -2.66. The summed E-state index contributed by atoms with van der Waals surface area (Å²) in [5.41, 5.74) is 0. The number of rotatable bonds is 11. The van der Waals surface area contributed by atoms with Gasteiger partial charge in [0, 0.05) is 6.08 Å². The molecule has 8 unspecified atom stereocenters. The van der Waals surface area contributed by atoms with Gasteiger partial charge < -0.3 is 34.3 Å². The summed E-state index contributed by atoms with van der Waals surface area (Å²) in [6, 6.07) is -2.12. The number of aliphatic hydroxyl groups is 3. The van der Waals surface area contributed by atoms with Gasteiger partial charge in [-0.2, -0.15) is 30.0 Å². The second-order valence-corrected chi connectivity index (χ2v) is 9.98. The third kappa shape index (κ3) is 9.10. The highest BCUT2D eigenvalue weighted by Gasteiger charge is 2.51. The summed E-state index contributed by atoms with van der Waals surface area (Å²) in [6.07, 6.45) is -14.5. The molecule has 8 atom stereocenters. The molecular weight excluding hydrogens is 558 g/mol. The van der Waals surface area contributed by atoms with Crippen LogP contribution in [0.3, 0.4) is 0 Å². The Balaban J connectivity index is 2.42. The smallest absolute Gasteiger partial charge is 0.397 e. The fraction of sp³-hybridized carbons (Fsp3) is 0.750. The van der Waals surface area contributed by atoms with Gasteiger partial charge in [0.05, 0.1) is 6.61 Å². The molecule has 7 N–H and O–H groups in total. The molecule has 2 aliphatic rings. The van der Waals surface area contributed by atoms with E-state index in [1.807, 2.05) is 0 Å². The van der Waals surface area contributed by atoms with E-state index in [0.717, 1.165) is 0 Å². The number of nitrogens with one attached hydrogen (secondary N) is 1. The van der Waals surface area contributed by atoms with Crippen LogP contribution in [0.25, 0.3) is 0 Å². The minimum atomic E-state index is -5.32. The SMILES string of the molecule is O=COC1=CC(O)C(OS(=O)(=O)O)C(OC2C(COS(=O)(=O)O)OC(O)C(NS(=O)(=O)O)C2O)O1. The van der Waals surface area contributed by atoms with Crippen LogP contribution in [0.15, 0.2) is 12.0 Å². The summed E-state index contributed by atoms with van der Waals surface area (Å²) < 4.78 is 122. The topological polar surface area (TPSA) is 308 Å². The first-order valence-electron chi connectivity index (χ1n) is 8.76. The van der Waals surface area contributed by atoms with Gasteiger partial charge in [0.2, 0.25) is 6.29 Å². The van der Waals surface area contributed by atoms with E-state index in [9.17, 15) is 45.4 Å². The van der Waals surface area contributed by atoms with Crippen molar-refractivity contribution in [1.29, 1.82) is 0 Å². The zero-order valence-corrected chi connectivity index (χ0v) is 19.1. The maximum atomic E-state index is 11.2. The van der Waals surface area contributed by atoms with Crippen LogP contribution in [-0.2, 0) is 63.2 Å². The molecular formula is C12H19NO19S3. The maximum Gasteiger partial charge on any atom is 0.397 e. The van der Waals surface area contributed by atoms with Gasteiger partial charge in [-0.1, -0.05) is 0 Å². The maximum absolute atomic E-state index is 11.2. The highest BCUT2D eigenvalue weighted by atomic mass is 32.3. The van der Waals surface area contributed by atoms with Crippen molar-refractivity contribution < 1.29 is 86.3 Å². The molecule has 1 saturated heterocycles. The van der Waals surface area contributed by atoms with E-state index in [2.05, 4.69) is 13.1 Å². The third-order valence-electron chi connectivity index (χ3n) is 4.19. The largest absolute Gasteiger partial charge is 0.432 e. The van der Waals surface area contributed by atoms with Crippen LogP contribution in [-0.4, -0.2) is 116 Å². The van der Waals surface area contributed by atoms with Crippen LogP contribution < -0.4 is 4.72 Å². The normalized spacial score (nSPS) is 34.5. The van der Waals surface area contributed by atoms with Crippen molar-refractivity contribution in [2.75, 3.05) is 6.61 Å². The molecule has 1 fully saturated rings. The predicted molar refractivity (Wildman–Crippen MR) is 100 cm³/mol. The molecule has 0 spiro atoms.